The van der Waals surface area contributed by atoms with Crippen molar-refractivity contribution in [2.24, 2.45) is 0 Å². The van der Waals surface area contributed by atoms with Crippen molar-refractivity contribution in [1.82, 2.24) is 9.88 Å². The van der Waals surface area contributed by atoms with E-state index in [0.717, 1.165) is 0 Å². The number of Topliss-reactive ketones (excluding diaryl/α,β-unsaturated/α-hetero) is 1. The minimum absolute atomic E-state index is 0.0155. The molecule has 5 rings (SSSR count). The SMILES string of the molecule is O=C1C(=O)N(CCC[n+]2cc[nH]c2)C(c2cccc(O)c2)C1=C([O-])c1ccc2c(c1)OCCO2. The molecule has 174 valence electrons. The van der Waals surface area contributed by atoms with Gasteiger partial charge >= 0.3 is 0 Å². The summed E-state index contributed by atoms with van der Waals surface area (Å²) in [6.07, 6.45) is 6.03. The maximum absolute atomic E-state index is 13.6. The predicted octanol–water partition coefficient (Wildman–Crippen LogP) is 1.09. The quantitative estimate of drug-likeness (QED) is 0.246. The van der Waals surface area contributed by atoms with Crippen molar-refractivity contribution in [1.29, 1.82) is 0 Å². The van der Waals surface area contributed by atoms with Crippen LogP contribution in [0.1, 0.15) is 23.6 Å². The molecule has 1 saturated heterocycles. The molecular weight excluding hydrogens is 438 g/mol. The number of H-pyrrole nitrogens is 1. The third-order valence-corrected chi connectivity index (χ3v) is 5.94. The summed E-state index contributed by atoms with van der Waals surface area (Å²) in [5.41, 5.74) is 0.589. The summed E-state index contributed by atoms with van der Waals surface area (Å²) in [5, 5.41) is 23.6. The summed E-state index contributed by atoms with van der Waals surface area (Å²) < 4.78 is 13.0. The first-order valence-corrected chi connectivity index (χ1v) is 11.0. The maximum Gasteiger partial charge on any atom is 0.295 e. The molecule has 0 spiro atoms. The summed E-state index contributed by atoms with van der Waals surface area (Å²) >= 11 is 0. The standard InChI is InChI=1S/C25H23N3O6/c29-18-4-1-3-16(13-18)22-21(23(30)17-5-6-19-20(14-17)34-12-11-33-19)24(31)25(32)28(22)9-2-8-27-10-7-26-15-27/h1,3-7,10,13-15,22H,2,8-9,11-12H2,(H2,29,30,31). The Morgan fingerprint density at radius 3 is 2.74 bits per heavy atom. The van der Waals surface area contributed by atoms with E-state index in [1.54, 1.807) is 36.8 Å². The molecule has 2 aliphatic rings. The van der Waals surface area contributed by atoms with E-state index in [1.807, 2.05) is 10.8 Å². The molecular formula is C25H23N3O6. The number of hydrogen-bond donors (Lipinski definition) is 2. The lowest BCUT2D eigenvalue weighted by Crippen LogP contribution is -2.36. The first-order valence-electron chi connectivity index (χ1n) is 11.0. The van der Waals surface area contributed by atoms with Gasteiger partial charge < -0.3 is 24.6 Å². The summed E-state index contributed by atoms with van der Waals surface area (Å²) in [7, 11) is 0. The van der Waals surface area contributed by atoms with E-state index in [1.165, 1.54) is 23.1 Å². The van der Waals surface area contributed by atoms with Gasteiger partial charge in [0.25, 0.3) is 5.91 Å². The van der Waals surface area contributed by atoms with E-state index in [4.69, 9.17) is 9.47 Å². The van der Waals surface area contributed by atoms with Crippen LogP contribution in [0.2, 0.25) is 0 Å². The molecule has 1 atom stereocenters. The smallest absolute Gasteiger partial charge is 0.295 e. The molecule has 0 aliphatic carbocycles. The van der Waals surface area contributed by atoms with Crippen LogP contribution >= 0.6 is 0 Å². The number of phenols is 1. The number of amides is 1. The fourth-order valence-corrected chi connectivity index (χ4v) is 4.37. The highest BCUT2D eigenvalue weighted by molar-refractivity contribution is 6.46. The number of imidazole rings is 1. The molecule has 3 heterocycles. The average molecular weight is 461 g/mol. The summed E-state index contributed by atoms with van der Waals surface area (Å²) in [4.78, 5) is 30.5. The lowest BCUT2D eigenvalue weighted by Gasteiger charge is -2.28. The lowest BCUT2D eigenvalue weighted by molar-refractivity contribution is -0.695. The van der Waals surface area contributed by atoms with Crippen LogP contribution in [-0.4, -0.2) is 46.4 Å². The van der Waals surface area contributed by atoms with Crippen LogP contribution in [0.4, 0.5) is 0 Å². The number of nitrogens with one attached hydrogen (secondary N) is 1. The Bertz CT molecular complexity index is 1270. The molecule has 0 radical (unpaired) electrons. The zero-order chi connectivity index (χ0) is 23.7. The Labute approximate surface area is 195 Å². The van der Waals surface area contributed by atoms with Gasteiger partial charge in [-0.1, -0.05) is 24.0 Å². The van der Waals surface area contributed by atoms with Gasteiger partial charge in [-0.3, -0.25) is 14.6 Å². The highest BCUT2D eigenvalue weighted by Crippen LogP contribution is 2.41. The lowest BCUT2D eigenvalue weighted by atomic mass is 9.95. The number of aromatic hydroxyl groups is 1. The number of aryl methyl sites for hydroxylation is 1. The maximum atomic E-state index is 13.6. The van der Waals surface area contributed by atoms with Gasteiger partial charge in [0.05, 0.1) is 12.6 Å². The first-order chi connectivity index (χ1) is 16.5. The van der Waals surface area contributed by atoms with Gasteiger partial charge in [-0.05, 0) is 35.4 Å². The number of ketones is 1. The molecule has 9 heteroatoms. The number of aromatic amines is 1. The number of carbonyl (C=O) groups excluding carboxylic acids is 2. The van der Waals surface area contributed by atoms with Gasteiger partial charge in [0, 0.05) is 18.5 Å². The van der Waals surface area contributed by atoms with Crippen LogP contribution in [0.3, 0.4) is 0 Å². The van der Waals surface area contributed by atoms with E-state index in [2.05, 4.69) is 4.98 Å². The molecule has 2 aromatic carbocycles. The molecule has 3 aromatic rings. The monoisotopic (exact) mass is 461 g/mol. The Balaban J connectivity index is 1.54. The average Bonchev–Trinajstić information content (AvgIpc) is 3.45. The molecule has 1 fully saturated rings. The molecule has 9 nitrogen and oxygen atoms in total. The van der Waals surface area contributed by atoms with Gasteiger partial charge in [0.15, 0.2) is 11.5 Å². The van der Waals surface area contributed by atoms with Crippen molar-refractivity contribution in [2.45, 2.75) is 19.0 Å². The Morgan fingerprint density at radius 2 is 1.97 bits per heavy atom. The number of carbonyl (C=O) groups is 2. The number of aromatic nitrogens is 2. The molecule has 0 saturated carbocycles. The Hall–Kier alpha value is -4.27. The number of benzene rings is 2. The van der Waals surface area contributed by atoms with Crippen molar-refractivity contribution >= 4 is 17.4 Å². The van der Waals surface area contributed by atoms with Crippen LogP contribution in [0, 0.1) is 0 Å². The van der Waals surface area contributed by atoms with E-state index in [-0.39, 0.29) is 23.4 Å². The zero-order valence-corrected chi connectivity index (χ0v) is 18.3. The van der Waals surface area contributed by atoms with E-state index >= 15 is 0 Å². The molecule has 1 amide bonds. The fraction of sp³-hybridized carbons (Fsp3) is 0.240. The predicted molar refractivity (Wildman–Crippen MR) is 118 cm³/mol. The zero-order valence-electron chi connectivity index (χ0n) is 18.3. The van der Waals surface area contributed by atoms with Crippen molar-refractivity contribution in [3.05, 3.63) is 77.9 Å². The van der Waals surface area contributed by atoms with Gasteiger partial charge in [-0.25, -0.2) is 4.57 Å². The van der Waals surface area contributed by atoms with E-state index < -0.39 is 23.5 Å². The Morgan fingerprint density at radius 1 is 1.15 bits per heavy atom. The minimum Gasteiger partial charge on any atom is -0.872 e. The fourth-order valence-electron chi connectivity index (χ4n) is 4.37. The van der Waals surface area contributed by atoms with Crippen LogP contribution in [0.15, 0.2) is 66.8 Å². The molecule has 2 aliphatic heterocycles. The van der Waals surface area contributed by atoms with E-state index in [0.29, 0.717) is 43.2 Å². The molecule has 0 bridgehead atoms. The van der Waals surface area contributed by atoms with Crippen molar-refractivity contribution in [3.63, 3.8) is 0 Å². The number of hydrogen-bond acceptors (Lipinski definition) is 6. The van der Waals surface area contributed by atoms with E-state index in [9.17, 15) is 19.8 Å². The van der Waals surface area contributed by atoms with Crippen LogP contribution in [0.5, 0.6) is 17.2 Å². The second-order valence-electron chi connectivity index (χ2n) is 8.13. The van der Waals surface area contributed by atoms with Crippen LogP contribution in [-0.2, 0) is 16.1 Å². The number of nitrogens with zero attached hydrogens (tertiary/aromatic N) is 2. The summed E-state index contributed by atoms with van der Waals surface area (Å²) in [5.74, 6) is -1.18. The second-order valence-corrected chi connectivity index (χ2v) is 8.13. The molecule has 2 N–H and O–H groups in total. The Kier molecular flexibility index (Phi) is 5.67. The third kappa shape index (κ3) is 3.96. The van der Waals surface area contributed by atoms with Gasteiger partial charge in [-0.2, -0.15) is 0 Å². The molecule has 1 aromatic heterocycles. The van der Waals surface area contributed by atoms with Crippen molar-refractivity contribution in [2.75, 3.05) is 19.8 Å². The highest BCUT2D eigenvalue weighted by Gasteiger charge is 2.44. The van der Waals surface area contributed by atoms with Gasteiger partial charge in [0.2, 0.25) is 12.1 Å². The minimum atomic E-state index is -0.899. The summed E-state index contributed by atoms with van der Waals surface area (Å²) in [6.45, 7) is 1.67. The van der Waals surface area contributed by atoms with Crippen molar-refractivity contribution in [3.8, 4) is 17.2 Å². The number of rotatable bonds is 6. The second kappa shape index (κ2) is 8.93. The first kappa shape index (κ1) is 21.6. The van der Waals surface area contributed by atoms with Crippen molar-refractivity contribution < 1.29 is 33.8 Å². The topological polar surface area (TPSA) is 119 Å². The van der Waals surface area contributed by atoms with Gasteiger partial charge in [-0.15, -0.1) is 0 Å². The molecule has 1 unspecified atom stereocenters. The number of fused-ring (bicyclic) bond motifs is 1. The number of likely N-dealkylation sites (tertiary alicyclic amines) is 1. The van der Waals surface area contributed by atoms with Crippen LogP contribution < -0.4 is 19.1 Å². The van der Waals surface area contributed by atoms with Gasteiger partial charge in [0.1, 0.15) is 31.4 Å². The summed E-state index contributed by atoms with van der Waals surface area (Å²) in [6, 6.07) is 10.1. The normalized spacial score (nSPS) is 18.9. The third-order valence-electron chi connectivity index (χ3n) is 5.94. The number of phenolic OH excluding ortho intramolecular Hbond substituents is 1. The molecule has 34 heavy (non-hydrogen) atoms. The van der Waals surface area contributed by atoms with Crippen LogP contribution in [0.25, 0.3) is 5.76 Å². The highest BCUT2D eigenvalue weighted by atomic mass is 16.6. The number of ether oxygens (including phenoxy) is 2. The largest absolute Gasteiger partial charge is 0.872 e.